The number of para-hydroxylation sites is 11. The predicted octanol–water partition coefficient (Wildman–Crippen LogP) is 15.2. The topological polar surface area (TPSA) is 50.3 Å². The normalized spacial score (nSPS) is 13.9. The monoisotopic (exact) mass is 819 g/mol. The molecule has 0 radical (unpaired) electrons. The summed E-state index contributed by atoms with van der Waals surface area (Å²) in [6.45, 7) is 8.47. The highest BCUT2D eigenvalue weighted by atomic mass is 16.2. The molecule has 0 unspecified atom stereocenters. The molecule has 0 aromatic heterocycles. The third-order valence-corrected chi connectivity index (χ3v) is 12.5. The second-order valence-electron chi connectivity index (χ2n) is 16.9. The molecule has 0 fully saturated rings. The Labute approximate surface area is 368 Å². The van der Waals surface area contributed by atoms with E-state index in [1.807, 2.05) is 42.5 Å². The molecule has 0 aliphatic carbocycles. The molecule has 63 heavy (non-hydrogen) atoms. The number of nitrogens with zero attached hydrogens (tertiary/aromatic N) is 5. The van der Waals surface area contributed by atoms with Gasteiger partial charge in [0.05, 0.1) is 73.7 Å². The van der Waals surface area contributed by atoms with Crippen LogP contribution in [0.1, 0.15) is 71.4 Å². The molecule has 2 amide bonds. The zero-order chi connectivity index (χ0) is 42.9. The van der Waals surface area contributed by atoms with Crippen LogP contribution in [-0.2, 0) is 0 Å². The van der Waals surface area contributed by atoms with Crippen LogP contribution in [-0.4, -0.2) is 11.8 Å². The average molecular weight is 820 g/mol. The van der Waals surface area contributed by atoms with Gasteiger partial charge in [0, 0.05) is 11.4 Å². The van der Waals surface area contributed by atoms with Gasteiger partial charge in [-0.15, -0.1) is 0 Å². The molecule has 8 aromatic rings. The molecule has 7 nitrogen and oxygen atoms in total. The molecule has 306 valence electrons. The molecule has 3 aliphatic rings. The number of carbonyl (C=O) groups is 2. The molecule has 3 aliphatic heterocycles. The lowest BCUT2D eigenvalue weighted by Crippen LogP contribution is -2.31. The van der Waals surface area contributed by atoms with Crippen LogP contribution >= 0.6 is 0 Å². The summed E-state index contributed by atoms with van der Waals surface area (Å²) in [5.41, 5.74) is 14.7. The van der Waals surface area contributed by atoms with Crippen LogP contribution in [0.3, 0.4) is 0 Å². The molecule has 11 rings (SSSR count). The fourth-order valence-corrected chi connectivity index (χ4v) is 9.71. The highest BCUT2D eigenvalue weighted by molar-refractivity contribution is 6.36. The van der Waals surface area contributed by atoms with Crippen molar-refractivity contribution in [2.24, 2.45) is 0 Å². The minimum Gasteiger partial charge on any atom is -0.306 e. The van der Waals surface area contributed by atoms with Gasteiger partial charge in [-0.1, -0.05) is 131 Å². The number of benzene rings is 8. The quantitative estimate of drug-likeness (QED) is 0.149. The van der Waals surface area contributed by atoms with E-state index in [1.54, 1.807) is 0 Å². The van der Waals surface area contributed by atoms with E-state index < -0.39 is 0 Å². The smallest absolute Gasteiger partial charge is 0.266 e. The van der Waals surface area contributed by atoms with E-state index in [0.29, 0.717) is 16.8 Å². The van der Waals surface area contributed by atoms with Crippen LogP contribution in [0.2, 0.25) is 0 Å². The number of rotatable bonds is 7. The first kappa shape index (κ1) is 38.1. The van der Waals surface area contributed by atoms with Gasteiger partial charge in [0.1, 0.15) is 0 Å². The van der Waals surface area contributed by atoms with Crippen molar-refractivity contribution < 1.29 is 9.59 Å². The summed E-state index contributed by atoms with van der Waals surface area (Å²) in [5, 5.41) is 0. The van der Waals surface area contributed by atoms with Crippen molar-refractivity contribution in [3.8, 4) is 0 Å². The van der Waals surface area contributed by atoms with E-state index in [4.69, 9.17) is 0 Å². The highest BCUT2D eigenvalue weighted by Crippen LogP contribution is 2.60. The molecule has 0 N–H and O–H groups in total. The summed E-state index contributed by atoms with van der Waals surface area (Å²) in [4.78, 5) is 41.1. The van der Waals surface area contributed by atoms with Gasteiger partial charge in [-0.25, -0.2) is 4.90 Å². The lowest BCUT2D eigenvalue weighted by molar-refractivity contribution is 0.0925. The van der Waals surface area contributed by atoms with Gasteiger partial charge in [0.15, 0.2) is 0 Å². The van der Waals surface area contributed by atoms with Crippen LogP contribution < -0.4 is 24.5 Å². The van der Waals surface area contributed by atoms with Crippen molar-refractivity contribution in [3.05, 3.63) is 210 Å². The Hall–Kier alpha value is -7.90. The summed E-state index contributed by atoms with van der Waals surface area (Å²) in [6.07, 6.45) is 0. The summed E-state index contributed by atoms with van der Waals surface area (Å²) in [6, 6.07) is 64.6. The number of fused-ring (bicyclic) bond motifs is 5. The molecule has 0 saturated heterocycles. The van der Waals surface area contributed by atoms with Crippen molar-refractivity contribution in [3.63, 3.8) is 0 Å². The number of anilines is 13. The van der Waals surface area contributed by atoms with Crippen molar-refractivity contribution in [1.82, 2.24) is 0 Å². The van der Waals surface area contributed by atoms with Gasteiger partial charge in [-0.05, 0) is 108 Å². The first-order chi connectivity index (χ1) is 30.8. The van der Waals surface area contributed by atoms with E-state index in [1.165, 1.54) is 4.90 Å². The van der Waals surface area contributed by atoms with Crippen LogP contribution in [0, 0.1) is 0 Å². The van der Waals surface area contributed by atoms with Crippen LogP contribution in [0.4, 0.5) is 73.9 Å². The molecule has 0 saturated carbocycles. The maximum absolute atomic E-state index is 15.3. The molecule has 0 spiro atoms. The maximum atomic E-state index is 15.3. The van der Waals surface area contributed by atoms with Crippen molar-refractivity contribution in [1.29, 1.82) is 0 Å². The Morgan fingerprint density at radius 3 is 0.889 bits per heavy atom. The first-order valence-corrected chi connectivity index (χ1v) is 21.7. The lowest BCUT2D eigenvalue weighted by atomic mass is 9.92. The van der Waals surface area contributed by atoms with Gasteiger partial charge < -0.3 is 19.6 Å². The third-order valence-electron chi connectivity index (χ3n) is 12.5. The number of hydrogen-bond acceptors (Lipinski definition) is 6. The summed E-state index contributed by atoms with van der Waals surface area (Å²) >= 11 is 0. The Morgan fingerprint density at radius 1 is 0.302 bits per heavy atom. The fourth-order valence-electron chi connectivity index (χ4n) is 9.71. The van der Waals surface area contributed by atoms with Gasteiger partial charge in [-0.2, -0.15) is 0 Å². The summed E-state index contributed by atoms with van der Waals surface area (Å²) in [5.74, 6) is -0.483. The van der Waals surface area contributed by atoms with Crippen LogP contribution in [0.25, 0.3) is 0 Å². The van der Waals surface area contributed by atoms with Crippen molar-refractivity contribution in [2.45, 2.75) is 39.5 Å². The highest BCUT2D eigenvalue weighted by Gasteiger charge is 2.43. The fraction of sp³-hybridized carbons (Fsp3) is 0.107. The van der Waals surface area contributed by atoms with E-state index in [2.05, 4.69) is 193 Å². The molecule has 0 bridgehead atoms. The predicted molar refractivity (Wildman–Crippen MR) is 258 cm³/mol. The molecule has 7 heteroatoms. The van der Waals surface area contributed by atoms with E-state index in [-0.39, 0.29) is 23.7 Å². The summed E-state index contributed by atoms with van der Waals surface area (Å²) in [7, 11) is 0. The van der Waals surface area contributed by atoms with Gasteiger partial charge in [0.25, 0.3) is 11.8 Å². The molecular weight excluding hydrogens is 775 g/mol. The largest absolute Gasteiger partial charge is 0.306 e. The lowest BCUT2D eigenvalue weighted by Gasteiger charge is -2.44. The van der Waals surface area contributed by atoms with Crippen molar-refractivity contribution in [2.75, 3.05) is 24.5 Å². The number of amides is 2. The molecular formula is C56H45N5O2. The van der Waals surface area contributed by atoms with Gasteiger partial charge in [0.2, 0.25) is 0 Å². The second-order valence-corrected chi connectivity index (χ2v) is 16.9. The third kappa shape index (κ3) is 5.88. The van der Waals surface area contributed by atoms with Crippen LogP contribution in [0.5, 0.6) is 0 Å². The van der Waals surface area contributed by atoms with E-state index >= 15 is 9.59 Å². The number of hydrogen-bond donors (Lipinski definition) is 0. The van der Waals surface area contributed by atoms with Crippen molar-refractivity contribution >= 4 is 85.8 Å². The second kappa shape index (κ2) is 14.9. The molecule has 3 heterocycles. The standard InChI is InChI=1S/C56H45N5O2/c1-36(2)40-24-19-25-41(37(3)4)54(40)61-55(62)42-34-52(59-48-30-15-11-26-44(48)57(38-20-7-5-8-21-38)45-27-12-16-31-49(45)59)53(35-43(42)56(61)63)60-50-32-17-13-28-46(50)58(39-22-9-6-10-23-39)47-29-14-18-33-51(47)60/h5-37H,1-4H3. The number of imide groups is 1. The van der Waals surface area contributed by atoms with Gasteiger partial charge in [-0.3, -0.25) is 9.59 Å². The number of carbonyl (C=O) groups excluding carboxylic acids is 2. The summed E-state index contributed by atoms with van der Waals surface area (Å²) < 4.78 is 0. The first-order valence-electron chi connectivity index (χ1n) is 21.7. The van der Waals surface area contributed by atoms with Gasteiger partial charge >= 0.3 is 0 Å². The van der Waals surface area contributed by atoms with Crippen LogP contribution in [0.15, 0.2) is 188 Å². The Balaban J connectivity index is 1.21. The average Bonchev–Trinajstić information content (AvgIpc) is 3.56. The SMILES string of the molecule is CC(C)c1cccc(C(C)C)c1N1C(=O)c2cc(N3c4ccccc4N(c4ccccc4)c4ccccc43)c(N3c4ccccc4N(c4ccccc4)c4ccccc43)cc2C1=O. The Kier molecular flexibility index (Phi) is 9.01. The van der Waals surface area contributed by atoms with E-state index in [9.17, 15) is 0 Å². The molecule has 0 atom stereocenters. The van der Waals surface area contributed by atoms with E-state index in [0.717, 1.165) is 79.4 Å². The minimum atomic E-state index is -0.322. The maximum Gasteiger partial charge on any atom is 0.266 e. The Morgan fingerprint density at radius 2 is 0.587 bits per heavy atom. The Bertz CT molecular complexity index is 2810. The zero-order valence-corrected chi connectivity index (χ0v) is 35.6. The molecule has 8 aromatic carbocycles. The zero-order valence-electron chi connectivity index (χ0n) is 35.6. The minimum absolute atomic E-state index is 0.0805.